The van der Waals surface area contributed by atoms with Gasteiger partial charge in [-0.2, -0.15) is 0 Å². The van der Waals surface area contributed by atoms with Crippen LogP contribution in [0.5, 0.6) is 0 Å². The number of nitrogen functional groups attached to an aromatic ring is 1. The van der Waals surface area contributed by atoms with Crippen LogP contribution >= 0.6 is 11.6 Å². The van der Waals surface area contributed by atoms with Gasteiger partial charge in [-0.05, 0) is 44.0 Å². The van der Waals surface area contributed by atoms with E-state index in [0.717, 1.165) is 35.6 Å². The molecule has 8 heteroatoms. The summed E-state index contributed by atoms with van der Waals surface area (Å²) in [5.74, 6) is 0.118. The number of hydrogen-bond donors (Lipinski definition) is 2. The Balaban J connectivity index is 2.03. The van der Waals surface area contributed by atoms with Crippen LogP contribution in [0.15, 0.2) is 18.2 Å². The molecule has 7 nitrogen and oxygen atoms in total. The van der Waals surface area contributed by atoms with Crippen LogP contribution in [0.4, 0.5) is 17.3 Å². The zero-order valence-electron chi connectivity index (χ0n) is 15.8. The van der Waals surface area contributed by atoms with E-state index < -0.39 is 0 Å². The van der Waals surface area contributed by atoms with E-state index in [1.54, 1.807) is 6.07 Å². The number of hydrogen-bond acceptors (Lipinski definition) is 6. The molecule has 1 aliphatic heterocycles. The standard InChI is InChI=1S/C19H24ClN5O2/c1-11-7-17(14(20)9-15(11)23-13(3)26)25-5-4-6-27-10-18(25)16-8-12(2)22-19(21)24-16/h7-9,18H,4-6,10H2,1-3H3,(H,23,26)(H2,21,22,24). The third-order valence-electron chi connectivity index (χ3n) is 4.49. The van der Waals surface area contributed by atoms with Crippen molar-refractivity contribution in [2.75, 3.05) is 35.7 Å². The van der Waals surface area contributed by atoms with Crippen molar-refractivity contribution in [3.63, 3.8) is 0 Å². The maximum Gasteiger partial charge on any atom is 0.221 e. The fourth-order valence-corrected chi connectivity index (χ4v) is 3.58. The van der Waals surface area contributed by atoms with Crippen molar-refractivity contribution in [2.45, 2.75) is 33.2 Å². The van der Waals surface area contributed by atoms with Gasteiger partial charge in [0.2, 0.25) is 11.9 Å². The second-order valence-electron chi connectivity index (χ2n) is 6.73. The first-order valence-corrected chi connectivity index (χ1v) is 9.26. The molecule has 2 heterocycles. The van der Waals surface area contributed by atoms with E-state index in [0.29, 0.717) is 23.9 Å². The van der Waals surface area contributed by atoms with Crippen molar-refractivity contribution in [3.8, 4) is 0 Å². The number of amides is 1. The highest BCUT2D eigenvalue weighted by Crippen LogP contribution is 2.37. The number of aryl methyl sites for hydroxylation is 2. The molecular weight excluding hydrogens is 366 g/mol. The molecule has 1 amide bonds. The molecule has 1 unspecified atom stereocenters. The number of carbonyl (C=O) groups excluding carboxylic acids is 1. The van der Waals surface area contributed by atoms with Crippen LogP contribution in [-0.2, 0) is 9.53 Å². The quantitative estimate of drug-likeness (QED) is 0.836. The molecule has 144 valence electrons. The molecule has 1 aromatic carbocycles. The van der Waals surface area contributed by atoms with Gasteiger partial charge in [-0.3, -0.25) is 4.79 Å². The van der Waals surface area contributed by atoms with E-state index in [2.05, 4.69) is 20.2 Å². The third kappa shape index (κ3) is 4.48. The highest BCUT2D eigenvalue weighted by Gasteiger charge is 2.27. The van der Waals surface area contributed by atoms with E-state index in [4.69, 9.17) is 22.1 Å². The van der Waals surface area contributed by atoms with Crippen LogP contribution in [0.25, 0.3) is 0 Å². The Kier molecular flexibility index (Phi) is 5.82. The Morgan fingerprint density at radius 3 is 2.81 bits per heavy atom. The lowest BCUT2D eigenvalue weighted by molar-refractivity contribution is -0.114. The number of carbonyl (C=O) groups is 1. The van der Waals surface area contributed by atoms with Gasteiger partial charge in [-0.15, -0.1) is 0 Å². The number of halogens is 1. The number of nitrogens with one attached hydrogen (secondary N) is 1. The monoisotopic (exact) mass is 389 g/mol. The lowest BCUT2D eigenvalue weighted by Crippen LogP contribution is -2.32. The predicted octanol–water partition coefficient (Wildman–Crippen LogP) is 3.26. The van der Waals surface area contributed by atoms with Crippen molar-refractivity contribution in [3.05, 3.63) is 40.2 Å². The number of nitrogens with zero attached hydrogens (tertiary/aromatic N) is 3. The number of aromatic nitrogens is 2. The topological polar surface area (TPSA) is 93.4 Å². The maximum atomic E-state index is 11.4. The molecule has 0 saturated carbocycles. The van der Waals surface area contributed by atoms with Crippen LogP contribution in [0.1, 0.15) is 36.3 Å². The van der Waals surface area contributed by atoms with Gasteiger partial charge in [0.15, 0.2) is 0 Å². The van der Waals surface area contributed by atoms with E-state index in [9.17, 15) is 4.79 Å². The first-order valence-electron chi connectivity index (χ1n) is 8.88. The molecule has 3 rings (SSSR count). The largest absolute Gasteiger partial charge is 0.379 e. The summed E-state index contributed by atoms with van der Waals surface area (Å²) in [6.45, 7) is 7.24. The molecule has 2 aromatic rings. The van der Waals surface area contributed by atoms with Crippen LogP contribution < -0.4 is 16.0 Å². The third-order valence-corrected chi connectivity index (χ3v) is 4.79. The van der Waals surface area contributed by atoms with E-state index in [1.807, 2.05) is 26.0 Å². The Labute approximate surface area is 163 Å². The molecule has 1 aromatic heterocycles. The normalized spacial score (nSPS) is 17.5. The lowest BCUT2D eigenvalue weighted by Gasteiger charge is -2.32. The Hall–Kier alpha value is -2.38. The summed E-state index contributed by atoms with van der Waals surface area (Å²) in [5.41, 5.74) is 10.0. The molecule has 3 N–H and O–H groups in total. The Morgan fingerprint density at radius 2 is 2.11 bits per heavy atom. The van der Waals surface area contributed by atoms with E-state index in [1.165, 1.54) is 6.92 Å². The van der Waals surface area contributed by atoms with Crippen LogP contribution in [0.3, 0.4) is 0 Å². The minimum Gasteiger partial charge on any atom is -0.379 e. The van der Waals surface area contributed by atoms with E-state index >= 15 is 0 Å². The van der Waals surface area contributed by atoms with Gasteiger partial charge in [-0.1, -0.05) is 11.6 Å². The van der Waals surface area contributed by atoms with Crippen molar-refractivity contribution in [1.29, 1.82) is 0 Å². The Bertz CT molecular complexity index is 838. The van der Waals surface area contributed by atoms with Crippen LogP contribution in [-0.4, -0.2) is 35.6 Å². The molecule has 1 fully saturated rings. The first-order chi connectivity index (χ1) is 12.8. The summed E-state index contributed by atoms with van der Waals surface area (Å²) in [4.78, 5) is 22.2. The molecule has 0 bridgehead atoms. The zero-order chi connectivity index (χ0) is 19.6. The number of rotatable bonds is 3. The van der Waals surface area contributed by atoms with Crippen LogP contribution in [0.2, 0.25) is 5.02 Å². The Morgan fingerprint density at radius 1 is 1.33 bits per heavy atom. The summed E-state index contributed by atoms with van der Waals surface area (Å²) >= 11 is 6.60. The van der Waals surface area contributed by atoms with Gasteiger partial charge in [-0.25, -0.2) is 9.97 Å². The number of benzene rings is 1. The summed E-state index contributed by atoms with van der Waals surface area (Å²) in [6, 6.07) is 5.58. The SMILES string of the molecule is CC(=O)Nc1cc(Cl)c(N2CCCOCC2c2cc(C)nc(N)n2)cc1C. The second kappa shape index (κ2) is 8.10. The molecular formula is C19H24ClN5O2. The molecule has 1 aliphatic rings. The van der Waals surface area contributed by atoms with Crippen molar-refractivity contribution in [2.24, 2.45) is 0 Å². The summed E-state index contributed by atoms with van der Waals surface area (Å²) in [7, 11) is 0. The van der Waals surface area contributed by atoms with Gasteiger partial charge < -0.3 is 20.7 Å². The van der Waals surface area contributed by atoms with Gasteiger partial charge in [0, 0.05) is 31.5 Å². The van der Waals surface area contributed by atoms with Gasteiger partial charge in [0.1, 0.15) is 0 Å². The minimum atomic E-state index is -0.130. The molecule has 0 aliphatic carbocycles. The summed E-state index contributed by atoms with van der Waals surface area (Å²) in [6.07, 6.45) is 0.874. The minimum absolute atomic E-state index is 0.125. The predicted molar refractivity (Wildman–Crippen MR) is 107 cm³/mol. The van der Waals surface area contributed by atoms with Gasteiger partial charge >= 0.3 is 0 Å². The molecule has 27 heavy (non-hydrogen) atoms. The smallest absolute Gasteiger partial charge is 0.221 e. The molecule has 1 saturated heterocycles. The van der Waals surface area contributed by atoms with Gasteiger partial charge in [0.05, 0.1) is 29.1 Å². The van der Waals surface area contributed by atoms with Crippen LogP contribution in [0, 0.1) is 13.8 Å². The highest BCUT2D eigenvalue weighted by molar-refractivity contribution is 6.33. The highest BCUT2D eigenvalue weighted by atomic mass is 35.5. The van der Waals surface area contributed by atoms with E-state index in [-0.39, 0.29) is 17.9 Å². The average Bonchev–Trinajstić information content (AvgIpc) is 2.82. The average molecular weight is 390 g/mol. The lowest BCUT2D eigenvalue weighted by atomic mass is 10.1. The van der Waals surface area contributed by atoms with Crippen molar-refractivity contribution < 1.29 is 9.53 Å². The van der Waals surface area contributed by atoms with Crippen molar-refractivity contribution >= 4 is 34.8 Å². The first kappa shape index (κ1) is 19.4. The molecule has 0 spiro atoms. The number of nitrogens with two attached hydrogens (primary N) is 1. The number of anilines is 3. The zero-order valence-corrected chi connectivity index (χ0v) is 16.5. The summed E-state index contributed by atoms with van der Waals surface area (Å²) < 4.78 is 5.80. The fourth-order valence-electron chi connectivity index (χ4n) is 3.31. The number of ether oxygens (including phenoxy) is 1. The molecule has 1 atom stereocenters. The summed E-state index contributed by atoms with van der Waals surface area (Å²) in [5, 5.41) is 3.38. The fraction of sp³-hybridized carbons (Fsp3) is 0.421. The van der Waals surface area contributed by atoms with Gasteiger partial charge in [0.25, 0.3) is 0 Å². The van der Waals surface area contributed by atoms with Crippen molar-refractivity contribution in [1.82, 2.24) is 9.97 Å². The maximum absolute atomic E-state index is 11.4. The molecule has 0 radical (unpaired) electrons. The second-order valence-corrected chi connectivity index (χ2v) is 7.14.